The summed E-state index contributed by atoms with van der Waals surface area (Å²) in [4.78, 5) is 8.07. The molecule has 0 aliphatic carbocycles. The SMILES string of the molecule is CCCNc1ncc(F)c(Nc2ccc(C(C)C)cc2)n1. The predicted octanol–water partition coefficient (Wildman–Crippen LogP) is 4.30. The zero-order valence-electron chi connectivity index (χ0n) is 12.7. The predicted molar refractivity (Wildman–Crippen MR) is 84.6 cm³/mol. The van der Waals surface area contributed by atoms with E-state index in [1.165, 1.54) is 11.8 Å². The molecule has 2 N–H and O–H groups in total. The summed E-state index contributed by atoms with van der Waals surface area (Å²) in [6.07, 6.45) is 2.13. The first-order valence-electron chi connectivity index (χ1n) is 7.23. The van der Waals surface area contributed by atoms with Crippen LogP contribution in [-0.2, 0) is 0 Å². The second kappa shape index (κ2) is 7.02. The van der Waals surface area contributed by atoms with Gasteiger partial charge in [0.2, 0.25) is 5.95 Å². The number of benzene rings is 1. The normalized spacial score (nSPS) is 10.7. The highest BCUT2D eigenvalue weighted by atomic mass is 19.1. The van der Waals surface area contributed by atoms with Crippen LogP contribution in [-0.4, -0.2) is 16.5 Å². The highest BCUT2D eigenvalue weighted by Crippen LogP contribution is 2.21. The van der Waals surface area contributed by atoms with Crippen molar-refractivity contribution in [2.75, 3.05) is 17.2 Å². The number of aromatic nitrogens is 2. The lowest BCUT2D eigenvalue weighted by atomic mass is 10.0. The van der Waals surface area contributed by atoms with Crippen LogP contribution in [0.25, 0.3) is 0 Å². The van der Waals surface area contributed by atoms with Crippen molar-refractivity contribution >= 4 is 17.5 Å². The second-order valence-corrected chi connectivity index (χ2v) is 5.22. The molecule has 21 heavy (non-hydrogen) atoms. The third-order valence-electron chi connectivity index (χ3n) is 3.12. The molecule has 2 rings (SSSR count). The molecular formula is C16H21FN4. The molecular weight excluding hydrogens is 267 g/mol. The summed E-state index contributed by atoms with van der Waals surface area (Å²) in [5, 5.41) is 6.03. The first-order valence-corrected chi connectivity index (χ1v) is 7.23. The van der Waals surface area contributed by atoms with Gasteiger partial charge in [0.1, 0.15) is 0 Å². The molecule has 0 radical (unpaired) electrons. The van der Waals surface area contributed by atoms with Gasteiger partial charge in [0.05, 0.1) is 6.20 Å². The van der Waals surface area contributed by atoms with Crippen LogP contribution in [0.3, 0.4) is 0 Å². The Labute approximate surface area is 124 Å². The topological polar surface area (TPSA) is 49.8 Å². The smallest absolute Gasteiger partial charge is 0.224 e. The highest BCUT2D eigenvalue weighted by Gasteiger charge is 2.07. The van der Waals surface area contributed by atoms with Crippen LogP contribution in [0.5, 0.6) is 0 Å². The summed E-state index contributed by atoms with van der Waals surface area (Å²) in [6, 6.07) is 7.91. The molecule has 0 spiro atoms. The molecule has 5 heteroatoms. The fraction of sp³-hybridized carbons (Fsp3) is 0.375. The molecule has 4 nitrogen and oxygen atoms in total. The van der Waals surface area contributed by atoms with Crippen LogP contribution < -0.4 is 10.6 Å². The highest BCUT2D eigenvalue weighted by molar-refractivity contribution is 5.57. The summed E-state index contributed by atoms with van der Waals surface area (Å²) < 4.78 is 13.8. The third-order valence-corrected chi connectivity index (χ3v) is 3.12. The zero-order valence-corrected chi connectivity index (χ0v) is 12.7. The van der Waals surface area contributed by atoms with Gasteiger partial charge in [-0.3, -0.25) is 0 Å². The molecule has 0 bridgehead atoms. The van der Waals surface area contributed by atoms with Gasteiger partial charge in [0.15, 0.2) is 11.6 Å². The Kier molecular flexibility index (Phi) is 5.09. The molecule has 0 saturated carbocycles. The van der Waals surface area contributed by atoms with Crippen molar-refractivity contribution in [2.24, 2.45) is 0 Å². The van der Waals surface area contributed by atoms with E-state index in [0.717, 1.165) is 18.7 Å². The summed E-state index contributed by atoms with van der Waals surface area (Å²) in [5.41, 5.74) is 2.05. The number of nitrogens with zero attached hydrogens (tertiary/aromatic N) is 2. The van der Waals surface area contributed by atoms with Crippen LogP contribution in [0.4, 0.5) is 21.8 Å². The fourth-order valence-electron chi connectivity index (χ4n) is 1.86. The van der Waals surface area contributed by atoms with Crippen LogP contribution in [0.15, 0.2) is 30.5 Å². The Hall–Kier alpha value is -2.17. The Balaban J connectivity index is 2.14. The first-order chi connectivity index (χ1) is 10.1. The monoisotopic (exact) mass is 288 g/mol. The van der Waals surface area contributed by atoms with Gasteiger partial charge in [0.25, 0.3) is 0 Å². The zero-order chi connectivity index (χ0) is 15.2. The van der Waals surface area contributed by atoms with Crippen molar-refractivity contribution in [3.05, 3.63) is 41.8 Å². The maximum Gasteiger partial charge on any atom is 0.224 e. The van der Waals surface area contributed by atoms with Crippen molar-refractivity contribution < 1.29 is 4.39 Å². The van der Waals surface area contributed by atoms with Crippen molar-refractivity contribution in [3.63, 3.8) is 0 Å². The number of rotatable bonds is 6. The van der Waals surface area contributed by atoms with E-state index in [1.807, 2.05) is 31.2 Å². The average molecular weight is 288 g/mol. The number of anilines is 3. The Morgan fingerprint density at radius 2 is 1.90 bits per heavy atom. The molecule has 2 aromatic rings. The molecule has 0 unspecified atom stereocenters. The maximum atomic E-state index is 13.8. The molecule has 1 aromatic carbocycles. The summed E-state index contributed by atoms with van der Waals surface area (Å²) in [7, 11) is 0. The van der Waals surface area contributed by atoms with E-state index >= 15 is 0 Å². The Bertz CT molecular complexity index is 581. The fourth-order valence-corrected chi connectivity index (χ4v) is 1.86. The van der Waals surface area contributed by atoms with Gasteiger partial charge in [-0.05, 0) is 30.0 Å². The van der Waals surface area contributed by atoms with Gasteiger partial charge in [-0.25, -0.2) is 9.37 Å². The van der Waals surface area contributed by atoms with Gasteiger partial charge < -0.3 is 10.6 Å². The van der Waals surface area contributed by atoms with Crippen LogP contribution in [0.2, 0.25) is 0 Å². The largest absolute Gasteiger partial charge is 0.354 e. The van der Waals surface area contributed by atoms with E-state index in [4.69, 9.17) is 0 Å². The minimum absolute atomic E-state index is 0.181. The van der Waals surface area contributed by atoms with Gasteiger partial charge in [-0.1, -0.05) is 32.9 Å². The number of hydrogen-bond donors (Lipinski definition) is 2. The van der Waals surface area contributed by atoms with E-state index in [9.17, 15) is 4.39 Å². The number of halogens is 1. The molecule has 0 fully saturated rings. The minimum atomic E-state index is -0.468. The van der Waals surface area contributed by atoms with E-state index in [-0.39, 0.29) is 5.82 Å². The van der Waals surface area contributed by atoms with Crippen molar-refractivity contribution in [1.29, 1.82) is 0 Å². The Morgan fingerprint density at radius 3 is 2.52 bits per heavy atom. The Morgan fingerprint density at radius 1 is 1.19 bits per heavy atom. The summed E-state index contributed by atoms with van der Waals surface area (Å²) in [5.74, 6) is 0.616. The van der Waals surface area contributed by atoms with Gasteiger partial charge >= 0.3 is 0 Å². The van der Waals surface area contributed by atoms with Crippen LogP contribution >= 0.6 is 0 Å². The van der Waals surface area contributed by atoms with Crippen molar-refractivity contribution in [3.8, 4) is 0 Å². The molecule has 1 heterocycles. The lowest BCUT2D eigenvalue weighted by Crippen LogP contribution is -2.07. The van der Waals surface area contributed by atoms with E-state index in [0.29, 0.717) is 11.9 Å². The van der Waals surface area contributed by atoms with Gasteiger partial charge in [-0.2, -0.15) is 4.98 Å². The third kappa shape index (κ3) is 4.15. The molecule has 0 atom stereocenters. The van der Waals surface area contributed by atoms with Gasteiger partial charge in [-0.15, -0.1) is 0 Å². The first kappa shape index (κ1) is 15.2. The average Bonchev–Trinajstić information content (AvgIpc) is 2.48. The van der Waals surface area contributed by atoms with E-state index in [1.54, 1.807) is 0 Å². The molecule has 0 amide bonds. The second-order valence-electron chi connectivity index (χ2n) is 5.22. The minimum Gasteiger partial charge on any atom is -0.354 e. The standard InChI is InChI=1S/C16H21FN4/c1-4-9-18-16-19-10-14(17)15(21-16)20-13-7-5-12(6-8-13)11(2)3/h5-8,10-11H,4,9H2,1-3H3,(H2,18,19,20,21). The molecule has 0 aliphatic rings. The molecule has 1 aromatic heterocycles. The van der Waals surface area contributed by atoms with Gasteiger partial charge in [0, 0.05) is 12.2 Å². The quantitative estimate of drug-likeness (QED) is 0.832. The van der Waals surface area contributed by atoms with Crippen LogP contribution in [0.1, 0.15) is 38.7 Å². The summed E-state index contributed by atoms with van der Waals surface area (Å²) in [6.45, 7) is 7.08. The molecule has 0 saturated heterocycles. The number of hydrogen-bond acceptors (Lipinski definition) is 4. The van der Waals surface area contributed by atoms with E-state index < -0.39 is 5.82 Å². The maximum absolute atomic E-state index is 13.8. The molecule has 112 valence electrons. The lowest BCUT2D eigenvalue weighted by Gasteiger charge is -2.10. The van der Waals surface area contributed by atoms with Crippen LogP contribution in [0, 0.1) is 5.82 Å². The number of nitrogens with one attached hydrogen (secondary N) is 2. The van der Waals surface area contributed by atoms with E-state index in [2.05, 4.69) is 34.4 Å². The van der Waals surface area contributed by atoms with Crippen molar-refractivity contribution in [2.45, 2.75) is 33.1 Å². The molecule has 0 aliphatic heterocycles. The summed E-state index contributed by atoms with van der Waals surface area (Å²) >= 11 is 0. The lowest BCUT2D eigenvalue weighted by molar-refractivity contribution is 0.619. The van der Waals surface area contributed by atoms with Crippen molar-refractivity contribution in [1.82, 2.24) is 9.97 Å².